The summed E-state index contributed by atoms with van der Waals surface area (Å²) in [6, 6.07) is 7.31. The van der Waals surface area contributed by atoms with E-state index in [4.69, 9.17) is 5.26 Å². The third-order valence-electron chi connectivity index (χ3n) is 2.31. The first-order chi connectivity index (χ1) is 9.10. The number of amides is 1. The molecular weight excluding hydrogens is 252 g/mol. The summed E-state index contributed by atoms with van der Waals surface area (Å²) in [6.45, 7) is 0. The Morgan fingerprint density at radius 3 is 2.68 bits per heavy atom. The van der Waals surface area contributed by atoms with Crippen molar-refractivity contribution in [2.75, 3.05) is 5.32 Å². The minimum Gasteiger partial charge on any atom is -0.306 e. The molecule has 1 heterocycles. The summed E-state index contributed by atoms with van der Waals surface area (Å²) in [5, 5.41) is 10.9. The molecule has 0 radical (unpaired) electrons. The van der Waals surface area contributed by atoms with Crippen LogP contribution in [-0.2, 0) is 0 Å². The van der Waals surface area contributed by atoms with E-state index in [1.807, 2.05) is 6.07 Å². The first kappa shape index (κ1) is 12.6. The van der Waals surface area contributed by atoms with Crippen LogP contribution in [0, 0.1) is 23.0 Å². The van der Waals surface area contributed by atoms with E-state index >= 15 is 0 Å². The molecule has 0 fully saturated rings. The highest BCUT2D eigenvalue weighted by molar-refractivity contribution is 6.03. The standard InChI is InChI=1S/C13H7F2N3O/c14-9-2-3-11(15)10(5-9)13(19)18-12-4-1-8(6-16)7-17-12/h1-5,7H,(H,17,18,19). The molecule has 1 aromatic heterocycles. The number of hydrogen-bond acceptors (Lipinski definition) is 3. The maximum atomic E-state index is 13.4. The van der Waals surface area contributed by atoms with E-state index in [1.54, 1.807) is 0 Å². The molecule has 6 heteroatoms. The maximum Gasteiger partial charge on any atom is 0.259 e. The molecular formula is C13H7F2N3O. The molecule has 0 saturated heterocycles. The number of anilines is 1. The molecule has 1 aromatic carbocycles. The van der Waals surface area contributed by atoms with Crippen molar-refractivity contribution in [1.82, 2.24) is 4.98 Å². The average Bonchev–Trinajstić information content (AvgIpc) is 2.42. The van der Waals surface area contributed by atoms with Gasteiger partial charge in [0.2, 0.25) is 0 Å². The number of carbonyl (C=O) groups is 1. The normalized spacial score (nSPS) is 9.74. The molecule has 0 atom stereocenters. The Bertz CT molecular complexity index is 663. The minimum atomic E-state index is -0.826. The molecule has 1 N–H and O–H groups in total. The zero-order valence-electron chi connectivity index (χ0n) is 9.52. The predicted molar refractivity (Wildman–Crippen MR) is 63.3 cm³/mol. The van der Waals surface area contributed by atoms with E-state index in [1.165, 1.54) is 18.3 Å². The lowest BCUT2D eigenvalue weighted by molar-refractivity contribution is 0.102. The molecule has 0 bridgehead atoms. The molecule has 0 aliphatic rings. The minimum absolute atomic E-state index is 0.146. The van der Waals surface area contributed by atoms with E-state index < -0.39 is 23.1 Å². The molecule has 94 valence electrons. The average molecular weight is 259 g/mol. The van der Waals surface area contributed by atoms with Crippen molar-refractivity contribution in [1.29, 1.82) is 5.26 Å². The number of nitriles is 1. The lowest BCUT2D eigenvalue weighted by Crippen LogP contribution is -2.15. The van der Waals surface area contributed by atoms with Gasteiger partial charge in [-0.3, -0.25) is 4.79 Å². The van der Waals surface area contributed by atoms with Crippen molar-refractivity contribution in [2.45, 2.75) is 0 Å². The van der Waals surface area contributed by atoms with Gasteiger partial charge >= 0.3 is 0 Å². The second-order valence-electron chi connectivity index (χ2n) is 3.62. The van der Waals surface area contributed by atoms with Crippen LogP contribution in [0.4, 0.5) is 14.6 Å². The summed E-state index contributed by atoms with van der Waals surface area (Å²) < 4.78 is 26.3. The van der Waals surface area contributed by atoms with E-state index in [9.17, 15) is 13.6 Å². The van der Waals surface area contributed by atoms with Gasteiger partial charge in [-0.2, -0.15) is 5.26 Å². The Labute approximate surface area is 107 Å². The van der Waals surface area contributed by atoms with Gasteiger partial charge in [0.05, 0.1) is 11.1 Å². The number of benzene rings is 1. The third kappa shape index (κ3) is 2.90. The highest BCUT2D eigenvalue weighted by Crippen LogP contribution is 2.12. The largest absolute Gasteiger partial charge is 0.306 e. The molecule has 0 saturated carbocycles. The van der Waals surface area contributed by atoms with Crippen LogP contribution in [0.1, 0.15) is 15.9 Å². The molecule has 0 spiro atoms. The quantitative estimate of drug-likeness (QED) is 0.901. The Kier molecular flexibility index (Phi) is 3.48. The van der Waals surface area contributed by atoms with Crippen molar-refractivity contribution in [3.8, 4) is 6.07 Å². The van der Waals surface area contributed by atoms with Crippen molar-refractivity contribution in [2.24, 2.45) is 0 Å². The maximum absolute atomic E-state index is 13.4. The van der Waals surface area contributed by atoms with Crippen LogP contribution >= 0.6 is 0 Å². The van der Waals surface area contributed by atoms with Gasteiger partial charge in [0.25, 0.3) is 5.91 Å². The van der Waals surface area contributed by atoms with E-state index in [0.29, 0.717) is 5.56 Å². The lowest BCUT2D eigenvalue weighted by atomic mass is 10.2. The topological polar surface area (TPSA) is 65.8 Å². The molecule has 1 amide bonds. The highest BCUT2D eigenvalue weighted by atomic mass is 19.1. The number of halogens is 2. The lowest BCUT2D eigenvalue weighted by Gasteiger charge is -2.05. The van der Waals surface area contributed by atoms with Gasteiger partial charge in [-0.15, -0.1) is 0 Å². The summed E-state index contributed by atoms with van der Waals surface area (Å²) in [5.74, 6) is -2.20. The molecule has 0 unspecified atom stereocenters. The van der Waals surface area contributed by atoms with Crippen molar-refractivity contribution < 1.29 is 13.6 Å². The smallest absolute Gasteiger partial charge is 0.259 e. The zero-order chi connectivity index (χ0) is 13.8. The SMILES string of the molecule is N#Cc1ccc(NC(=O)c2cc(F)ccc2F)nc1. The van der Waals surface area contributed by atoms with Crippen LogP contribution in [0.5, 0.6) is 0 Å². The van der Waals surface area contributed by atoms with Gasteiger partial charge in [0.15, 0.2) is 0 Å². The van der Waals surface area contributed by atoms with Gasteiger partial charge < -0.3 is 5.32 Å². The van der Waals surface area contributed by atoms with Crippen molar-refractivity contribution in [3.63, 3.8) is 0 Å². The molecule has 19 heavy (non-hydrogen) atoms. The number of pyridine rings is 1. The highest BCUT2D eigenvalue weighted by Gasteiger charge is 2.13. The molecule has 0 aliphatic heterocycles. The van der Waals surface area contributed by atoms with Crippen LogP contribution in [0.3, 0.4) is 0 Å². The third-order valence-corrected chi connectivity index (χ3v) is 2.31. The monoisotopic (exact) mass is 259 g/mol. The van der Waals surface area contributed by atoms with Crippen LogP contribution in [0.15, 0.2) is 36.5 Å². The molecule has 4 nitrogen and oxygen atoms in total. The summed E-state index contributed by atoms with van der Waals surface area (Å²) in [7, 11) is 0. The van der Waals surface area contributed by atoms with Gasteiger partial charge in [0, 0.05) is 6.20 Å². The van der Waals surface area contributed by atoms with Gasteiger partial charge in [-0.1, -0.05) is 0 Å². The number of rotatable bonds is 2. The van der Waals surface area contributed by atoms with Gasteiger partial charge in [-0.25, -0.2) is 13.8 Å². The van der Waals surface area contributed by atoms with Crippen LogP contribution in [0.2, 0.25) is 0 Å². The molecule has 0 aliphatic carbocycles. The Hall–Kier alpha value is -2.81. The molecule has 2 rings (SSSR count). The van der Waals surface area contributed by atoms with Crippen LogP contribution in [-0.4, -0.2) is 10.9 Å². The van der Waals surface area contributed by atoms with Crippen molar-refractivity contribution >= 4 is 11.7 Å². The Balaban J connectivity index is 2.21. The summed E-state index contributed by atoms with van der Waals surface area (Å²) >= 11 is 0. The first-order valence-electron chi connectivity index (χ1n) is 5.22. The van der Waals surface area contributed by atoms with E-state index in [-0.39, 0.29) is 5.82 Å². The second kappa shape index (κ2) is 5.23. The number of aromatic nitrogens is 1. The number of nitrogens with zero attached hydrogens (tertiary/aromatic N) is 2. The number of nitrogens with one attached hydrogen (secondary N) is 1. The van der Waals surface area contributed by atoms with E-state index in [0.717, 1.165) is 18.2 Å². The summed E-state index contributed by atoms with van der Waals surface area (Å²) in [4.78, 5) is 15.5. The number of carbonyl (C=O) groups excluding carboxylic acids is 1. The number of hydrogen-bond donors (Lipinski definition) is 1. The zero-order valence-corrected chi connectivity index (χ0v) is 9.52. The fraction of sp³-hybridized carbons (Fsp3) is 0. The van der Waals surface area contributed by atoms with Crippen LogP contribution < -0.4 is 5.32 Å². The van der Waals surface area contributed by atoms with E-state index in [2.05, 4.69) is 10.3 Å². The first-order valence-corrected chi connectivity index (χ1v) is 5.22. The molecule has 2 aromatic rings. The summed E-state index contributed by atoms with van der Waals surface area (Å²) in [6.07, 6.45) is 1.26. The van der Waals surface area contributed by atoms with Crippen molar-refractivity contribution in [3.05, 3.63) is 59.3 Å². The van der Waals surface area contributed by atoms with Gasteiger partial charge in [-0.05, 0) is 30.3 Å². The Morgan fingerprint density at radius 1 is 1.26 bits per heavy atom. The summed E-state index contributed by atoms with van der Waals surface area (Å²) in [5.41, 5.74) is -0.0823. The Morgan fingerprint density at radius 2 is 2.05 bits per heavy atom. The fourth-order valence-corrected chi connectivity index (χ4v) is 1.39. The second-order valence-corrected chi connectivity index (χ2v) is 3.62. The van der Waals surface area contributed by atoms with Crippen LogP contribution in [0.25, 0.3) is 0 Å². The predicted octanol–water partition coefficient (Wildman–Crippen LogP) is 2.48. The fourth-order valence-electron chi connectivity index (χ4n) is 1.39. The van der Waals surface area contributed by atoms with Gasteiger partial charge in [0.1, 0.15) is 23.5 Å².